The van der Waals surface area contributed by atoms with Gasteiger partial charge in [0.05, 0.1) is 7.11 Å². The first-order chi connectivity index (χ1) is 9.60. The van der Waals surface area contributed by atoms with Crippen molar-refractivity contribution in [1.29, 1.82) is 0 Å². The molecule has 1 atom stereocenters. The molecule has 104 valence electrons. The number of carbonyl (C=O) groups excluding carboxylic acids is 1. The number of ether oxygens (including phenoxy) is 1. The van der Waals surface area contributed by atoms with Crippen molar-refractivity contribution >= 4 is 11.7 Å². The molecule has 5 heteroatoms. The van der Waals surface area contributed by atoms with Crippen LogP contribution in [0.5, 0.6) is 5.75 Å². The number of benzene rings is 2. The number of phenols is 1. The SMILES string of the molecule is COC(=O)C(Nc1ccccc1)c1cc(O)cc(F)c1. The molecule has 0 saturated heterocycles. The lowest BCUT2D eigenvalue weighted by atomic mass is 10.1. The maximum absolute atomic E-state index is 13.4. The molecule has 0 fully saturated rings. The number of esters is 1. The molecule has 20 heavy (non-hydrogen) atoms. The molecule has 2 aromatic rings. The van der Waals surface area contributed by atoms with Gasteiger partial charge >= 0.3 is 5.97 Å². The summed E-state index contributed by atoms with van der Waals surface area (Å²) in [6, 6.07) is 11.6. The van der Waals surface area contributed by atoms with E-state index < -0.39 is 17.8 Å². The average Bonchev–Trinajstić information content (AvgIpc) is 2.44. The number of rotatable bonds is 4. The van der Waals surface area contributed by atoms with Crippen molar-refractivity contribution in [3.05, 3.63) is 59.9 Å². The van der Waals surface area contributed by atoms with Gasteiger partial charge in [0.2, 0.25) is 0 Å². The van der Waals surface area contributed by atoms with Crippen LogP contribution in [0.1, 0.15) is 11.6 Å². The first-order valence-corrected chi connectivity index (χ1v) is 5.99. The molecule has 0 radical (unpaired) electrons. The standard InChI is InChI=1S/C15H14FNO3/c1-20-15(19)14(17-12-5-3-2-4-6-12)10-7-11(16)9-13(18)8-10/h2-9,14,17-18H,1H3. The molecule has 2 N–H and O–H groups in total. The van der Waals surface area contributed by atoms with E-state index in [2.05, 4.69) is 5.32 Å². The molecule has 0 aromatic heterocycles. The van der Waals surface area contributed by atoms with Crippen molar-refractivity contribution in [3.8, 4) is 5.75 Å². The van der Waals surface area contributed by atoms with Gasteiger partial charge < -0.3 is 15.2 Å². The number of para-hydroxylation sites is 1. The van der Waals surface area contributed by atoms with Crippen molar-refractivity contribution in [1.82, 2.24) is 0 Å². The van der Waals surface area contributed by atoms with E-state index in [-0.39, 0.29) is 5.75 Å². The number of hydrogen-bond acceptors (Lipinski definition) is 4. The van der Waals surface area contributed by atoms with E-state index in [9.17, 15) is 14.3 Å². The number of anilines is 1. The van der Waals surface area contributed by atoms with Gasteiger partial charge in [0.15, 0.2) is 6.04 Å². The molecule has 0 aliphatic heterocycles. The van der Waals surface area contributed by atoms with Crippen molar-refractivity contribution in [2.75, 3.05) is 12.4 Å². The van der Waals surface area contributed by atoms with Gasteiger partial charge in [-0.05, 0) is 29.8 Å². The highest BCUT2D eigenvalue weighted by atomic mass is 19.1. The highest BCUT2D eigenvalue weighted by Gasteiger charge is 2.22. The van der Waals surface area contributed by atoms with Crippen LogP contribution in [-0.4, -0.2) is 18.2 Å². The Labute approximate surface area is 115 Å². The summed E-state index contributed by atoms with van der Waals surface area (Å²) in [7, 11) is 1.25. The maximum atomic E-state index is 13.4. The molecule has 2 rings (SSSR count). The number of carbonyl (C=O) groups is 1. The minimum atomic E-state index is -0.899. The summed E-state index contributed by atoms with van der Waals surface area (Å²) >= 11 is 0. The van der Waals surface area contributed by atoms with Crippen LogP contribution < -0.4 is 5.32 Å². The zero-order valence-electron chi connectivity index (χ0n) is 10.8. The third-order valence-electron chi connectivity index (χ3n) is 2.76. The van der Waals surface area contributed by atoms with Crippen LogP contribution >= 0.6 is 0 Å². The largest absolute Gasteiger partial charge is 0.508 e. The van der Waals surface area contributed by atoms with E-state index >= 15 is 0 Å². The highest BCUT2D eigenvalue weighted by molar-refractivity contribution is 5.81. The van der Waals surface area contributed by atoms with Crippen LogP contribution in [0.4, 0.5) is 10.1 Å². The maximum Gasteiger partial charge on any atom is 0.332 e. The molecule has 2 aromatic carbocycles. The fourth-order valence-electron chi connectivity index (χ4n) is 1.86. The van der Waals surface area contributed by atoms with E-state index in [1.54, 1.807) is 24.3 Å². The average molecular weight is 275 g/mol. The van der Waals surface area contributed by atoms with Crippen LogP contribution in [0.25, 0.3) is 0 Å². The topological polar surface area (TPSA) is 58.6 Å². The molecule has 0 heterocycles. The van der Waals surface area contributed by atoms with E-state index in [1.165, 1.54) is 19.2 Å². The van der Waals surface area contributed by atoms with E-state index in [0.717, 1.165) is 6.07 Å². The lowest BCUT2D eigenvalue weighted by Crippen LogP contribution is -2.22. The van der Waals surface area contributed by atoms with Gasteiger partial charge in [-0.25, -0.2) is 9.18 Å². The van der Waals surface area contributed by atoms with E-state index in [0.29, 0.717) is 11.3 Å². The summed E-state index contributed by atoms with van der Waals surface area (Å²) < 4.78 is 18.1. The molecular weight excluding hydrogens is 261 g/mol. The smallest absolute Gasteiger partial charge is 0.332 e. The Morgan fingerprint density at radius 1 is 1.25 bits per heavy atom. The molecule has 0 saturated carbocycles. The molecule has 0 aliphatic rings. The van der Waals surface area contributed by atoms with E-state index in [4.69, 9.17) is 4.74 Å². The van der Waals surface area contributed by atoms with Gasteiger partial charge in [0, 0.05) is 11.8 Å². The van der Waals surface area contributed by atoms with Gasteiger partial charge in [0.1, 0.15) is 11.6 Å². The van der Waals surface area contributed by atoms with E-state index in [1.807, 2.05) is 6.07 Å². The number of halogens is 1. The Morgan fingerprint density at radius 2 is 1.95 bits per heavy atom. The molecule has 0 amide bonds. The minimum Gasteiger partial charge on any atom is -0.508 e. The lowest BCUT2D eigenvalue weighted by molar-refractivity contribution is -0.141. The minimum absolute atomic E-state index is 0.247. The molecule has 0 spiro atoms. The van der Waals surface area contributed by atoms with Gasteiger partial charge in [-0.3, -0.25) is 0 Å². The number of methoxy groups -OCH3 is 1. The van der Waals surface area contributed by atoms with Crippen LogP contribution in [-0.2, 0) is 9.53 Å². The number of nitrogens with one attached hydrogen (secondary N) is 1. The van der Waals surface area contributed by atoms with Crippen molar-refractivity contribution < 1.29 is 19.0 Å². The molecule has 4 nitrogen and oxygen atoms in total. The van der Waals surface area contributed by atoms with Crippen molar-refractivity contribution in [2.45, 2.75) is 6.04 Å². The Balaban J connectivity index is 2.34. The predicted octanol–water partition coefficient (Wildman–Crippen LogP) is 2.86. The summed E-state index contributed by atoms with van der Waals surface area (Å²) in [6.07, 6.45) is 0. The van der Waals surface area contributed by atoms with Gasteiger partial charge in [-0.15, -0.1) is 0 Å². The first-order valence-electron chi connectivity index (χ1n) is 5.99. The summed E-state index contributed by atoms with van der Waals surface area (Å²) in [5.41, 5.74) is 0.977. The van der Waals surface area contributed by atoms with Gasteiger partial charge in [-0.2, -0.15) is 0 Å². The summed E-state index contributed by atoms with van der Waals surface area (Å²) in [5.74, 6) is -1.44. The molecular formula is C15H14FNO3. The fourth-order valence-corrected chi connectivity index (χ4v) is 1.86. The van der Waals surface area contributed by atoms with Gasteiger partial charge in [-0.1, -0.05) is 18.2 Å². The predicted molar refractivity (Wildman–Crippen MR) is 72.9 cm³/mol. The quantitative estimate of drug-likeness (QED) is 0.842. The zero-order valence-corrected chi connectivity index (χ0v) is 10.8. The summed E-state index contributed by atoms with van der Waals surface area (Å²) in [5, 5.41) is 12.4. The fraction of sp³-hybridized carbons (Fsp3) is 0.133. The second-order valence-corrected chi connectivity index (χ2v) is 4.21. The monoisotopic (exact) mass is 275 g/mol. The highest BCUT2D eigenvalue weighted by Crippen LogP contribution is 2.25. The number of aromatic hydroxyl groups is 1. The first kappa shape index (κ1) is 13.9. The molecule has 0 bridgehead atoms. The van der Waals surface area contributed by atoms with Crippen molar-refractivity contribution in [2.24, 2.45) is 0 Å². The second kappa shape index (κ2) is 6.06. The zero-order chi connectivity index (χ0) is 14.5. The summed E-state index contributed by atoms with van der Waals surface area (Å²) in [4.78, 5) is 11.9. The third-order valence-corrected chi connectivity index (χ3v) is 2.76. The Morgan fingerprint density at radius 3 is 2.55 bits per heavy atom. The summed E-state index contributed by atoms with van der Waals surface area (Å²) in [6.45, 7) is 0. The number of phenolic OH excluding ortho intramolecular Hbond substituents is 1. The van der Waals surface area contributed by atoms with Crippen LogP contribution in [0, 0.1) is 5.82 Å². The molecule has 1 unspecified atom stereocenters. The lowest BCUT2D eigenvalue weighted by Gasteiger charge is -2.18. The Kier molecular flexibility index (Phi) is 4.20. The number of hydrogen-bond donors (Lipinski definition) is 2. The van der Waals surface area contributed by atoms with Crippen LogP contribution in [0.3, 0.4) is 0 Å². The van der Waals surface area contributed by atoms with Crippen LogP contribution in [0.15, 0.2) is 48.5 Å². The Bertz CT molecular complexity index is 581. The van der Waals surface area contributed by atoms with Gasteiger partial charge in [0.25, 0.3) is 0 Å². The normalized spacial score (nSPS) is 11.7. The van der Waals surface area contributed by atoms with Crippen LogP contribution in [0.2, 0.25) is 0 Å². The second-order valence-electron chi connectivity index (χ2n) is 4.21. The van der Waals surface area contributed by atoms with Crippen molar-refractivity contribution in [3.63, 3.8) is 0 Å². The molecule has 0 aliphatic carbocycles. The Hall–Kier alpha value is -2.56. The third kappa shape index (κ3) is 3.26.